The third-order valence-corrected chi connectivity index (χ3v) is 6.07. The number of aromatic nitrogens is 5. The van der Waals surface area contributed by atoms with Gasteiger partial charge in [-0.2, -0.15) is 0 Å². The normalized spacial score (nSPS) is 11.3. The van der Waals surface area contributed by atoms with Crippen LogP contribution in [0.15, 0.2) is 91.1 Å². The zero-order valence-electron chi connectivity index (χ0n) is 18.7. The van der Waals surface area contributed by atoms with Crippen molar-refractivity contribution in [3.8, 4) is 22.8 Å². The number of nitro groups is 1. The van der Waals surface area contributed by atoms with Crippen LogP contribution in [0.3, 0.4) is 0 Å². The molecule has 6 aromatic rings. The summed E-state index contributed by atoms with van der Waals surface area (Å²) in [6.45, 7) is 1.98. The van der Waals surface area contributed by atoms with Crippen molar-refractivity contribution < 1.29 is 4.92 Å². The molecule has 9 nitrogen and oxygen atoms in total. The van der Waals surface area contributed by atoms with Gasteiger partial charge in [0.05, 0.1) is 16.0 Å². The second-order valence-electron chi connectivity index (χ2n) is 8.20. The predicted octanol–water partition coefficient (Wildman–Crippen LogP) is 4.83. The molecule has 35 heavy (non-hydrogen) atoms. The van der Waals surface area contributed by atoms with E-state index in [0.717, 1.165) is 28.0 Å². The summed E-state index contributed by atoms with van der Waals surface area (Å²) in [6, 6.07) is 25.7. The van der Waals surface area contributed by atoms with E-state index in [2.05, 4.69) is 10.2 Å². The van der Waals surface area contributed by atoms with Crippen LogP contribution in [0.5, 0.6) is 0 Å². The van der Waals surface area contributed by atoms with Crippen LogP contribution < -0.4 is 5.49 Å². The van der Waals surface area contributed by atoms with Crippen LogP contribution >= 0.6 is 0 Å². The van der Waals surface area contributed by atoms with Crippen molar-refractivity contribution in [2.24, 2.45) is 0 Å². The van der Waals surface area contributed by atoms with Crippen molar-refractivity contribution in [2.75, 3.05) is 0 Å². The molecule has 0 bridgehead atoms. The average Bonchev–Trinajstić information content (AvgIpc) is 3.47. The summed E-state index contributed by atoms with van der Waals surface area (Å²) in [6.07, 6.45) is 2.01. The fourth-order valence-corrected chi connectivity index (χ4v) is 4.48. The van der Waals surface area contributed by atoms with Crippen LogP contribution in [-0.4, -0.2) is 28.7 Å². The fraction of sp³-hybridized carbons (Fsp3) is 0.0385. The molecule has 6 rings (SSSR count). The topological polar surface area (TPSA) is 107 Å². The van der Waals surface area contributed by atoms with E-state index < -0.39 is 4.92 Å². The molecule has 3 heterocycles. The largest absolute Gasteiger partial charge is 0.302 e. The van der Waals surface area contributed by atoms with Crippen LogP contribution in [0.25, 0.3) is 39.6 Å². The second-order valence-corrected chi connectivity index (χ2v) is 8.20. The van der Waals surface area contributed by atoms with Crippen LogP contribution in [0.2, 0.25) is 0 Å². The monoisotopic (exact) mass is 461 g/mol. The highest BCUT2D eigenvalue weighted by atomic mass is 16.6. The Morgan fingerprint density at radius 1 is 0.857 bits per heavy atom. The molecule has 0 saturated heterocycles. The van der Waals surface area contributed by atoms with Gasteiger partial charge < -0.3 is 4.57 Å². The molecule has 9 heteroatoms. The van der Waals surface area contributed by atoms with Gasteiger partial charge in [0.25, 0.3) is 5.69 Å². The number of hydrogen-bond donors (Lipinski definition) is 1. The number of para-hydroxylation sites is 2. The van der Waals surface area contributed by atoms with E-state index in [1.165, 1.54) is 12.1 Å². The van der Waals surface area contributed by atoms with Gasteiger partial charge in [-0.15, -0.1) is 10.2 Å². The van der Waals surface area contributed by atoms with E-state index >= 15 is 0 Å². The van der Waals surface area contributed by atoms with Gasteiger partial charge >= 0.3 is 0 Å². The number of nitrogens with zero attached hydrogens (tertiary/aromatic N) is 6. The molecule has 3 aromatic carbocycles. The number of fused-ring (bicyclic) bond motifs is 3. The van der Waals surface area contributed by atoms with Gasteiger partial charge in [0, 0.05) is 29.6 Å². The summed E-state index contributed by atoms with van der Waals surface area (Å²) >= 11 is 0. The molecule has 0 fully saturated rings. The van der Waals surface area contributed by atoms with Crippen molar-refractivity contribution >= 4 is 22.5 Å². The molecule has 0 saturated carbocycles. The molecule has 0 radical (unpaired) electrons. The van der Waals surface area contributed by atoms with Gasteiger partial charge in [-0.25, -0.2) is 4.40 Å². The maximum Gasteiger partial charge on any atom is 0.269 e. The first-order valence-corrected chi connectivity index (χ1v) is 11.0. The maximum absolute atomic E-state index is 11.2. The first-order chi connectivity index (χ1) is 17.0. The smallest absolute Gasteiger partial charge is 0.269 e. The molecule has 0 aliphatic carbocycles. The number of benzene rings is 3. The van der Waals surface area contributed by atoms with Gasteiger partial charge in [0.2, 0.25) is 5.78 Å². The summed E-state index contributed by atoms with van der Waals surface area (Å²) in [7, 11) is 0. The zero-order valence-corrected chi connectivity index (χ0v) is 18.7. The number of nitro benzene ring substituents is 1. The highest BCUT2D eigenvalue weighted by molar-refractivity contribution is 5.85. The Hall–Kier alpha value is -5.05. The molecular weight excluding hydrogens is 442 g/mol. The quantitative estimate of drug-likeness (QED) is 0.300. The van der Waals surface area contributed by atoms with E-state index in [1.54, 1.807) is 16.7 Å². The Balaban J connectivity index is 1.78. The Kier molecular flexibility index (Phi) is 4.56. The van der Waals surface area contributed by atoms with E-state index in [4.69, 9.17) is 5.41 Å². The first-order valence-electron chi connectivity index (χ1n) is 11.0. The molecule has 0 unspecified atom stereocenters. The Bertz CT molecular complexity index is 1780. The third kappa shape index (κ3) is 3.13. The molecule has 0 aliphatic rings. The van der Waals surface area contributed by atoms with Crippen LogP contribution in [0.1, 0.15) is 5.56 Å². The van der Waals surface area contributed by atoms with Crippen molar-refractivity contribution in [3.63, 3.8) is 0 Å². The molecule has 0 amide bonds. The van der Waals surface area contributed by atoms with E-state index in [9.17, 15) is 10.1 Å². The van der Waals surface area contributed by atoms with Crippen molar-refractivity contribution in [3.05, 3.63) is 112 Å². The number of nitrogens with one attached hydrogen (secondary N) is 1. The summed E-state index contributed by atoms with van der Waals surface area (Å²) in [4.78, 5) is 10.7. The molecular formula is C26H19N7O2. The second kappa shape index (κ2) is 7.77. The minimum atomic E-state index is -0.427. The summed E-state index contributed by atoms with van der Waals surface area (Å²) < 4.78 is 5.72. The van der Waals surface area contributed by atoms with E-state index in [0.29, 0.717) is 22.7 Å². The van der Waals surface area contributed by atoms with Gasteiger partial charge in [0.1, 0.15) is 11.1 Å². The first kappa shape index (κ1) is 20.5. The SMILES string of the molecule is Cc1cn(-c2ccccc2)c2c1c(=N)n(-c1ccccc1)c1nnc(-c3ccc([N+](=O)[O-])cc3)n21. The summed E-state index contributed by atoms with van der Waals surface area (Å²) in [5.74, 6) is 0.997. The number of hydrogen-bond acceptors (Lipinski definition) is 5. The van der Waals surface area contributed by atoms with Crippen molar-refractivity contribution in [2.45, 2.75) is 6.92 Å². The maximum atomic E-state index is 11.2. The highest BCUT2D eigenvalue weighted by Gasteiger charge is 2.22. The minimum Gasteiger partial charge on any atom is -0.302 e. The molecule has 0 aliphatic heterocycles. The van der Waals surface area contributed by atoms with Gasteiger partial charge in [-0.05, 0) is 48.9 Å². The lowest BCUT2D eigenvalue weighted by molar-refractivity contribution is -0.384. The predicted molar refractivity (Wildman–Crippen MR) is 132 cm³/mol. The van der Waals surface area contributed by atoms with E-state index in [1.807, 2.05) is 82.8 Å². The Morgan fingerprint density at radius 3 is 2.11 bits per heavy atom. The standard InChI is InChI=1S/C26H19N7O2/c1-17-16-30(19-8-4-2-5-9-19)25-22(17)23(27)31(20-10-6-3-7-11-20)26-29-28-24(32(25)26)18-12-14-21(15-13-18)33(34)35/h2-16,27H,1H3. The summed E-state index contributed by atoms with van der Waals surface area (Å²) in [5, 5.41) is 30.1. The number of non-ortho nitro benzene ring substituents is 1. The van der Waals surface area contributed by atoms with Crippen molar-refractivity contribution in [1.82, 2.24) is 23.7 Å². The molecule has 0 atom stereocenters. The third-order valence-electron chi connectivity index (χ3n) is 6.07. The number of aryl methyl sites for hydroxylation is 1. The van der Waals surface area contributed by atoms with Gasteiger partial charge in [-0.3, -0.25) is 20.1 Å². The Labute approximate surface area is 198 Å². The average molecular weight is 461 g/mol. The van der Waals surface area contributed by atoms with E-state index in [-0.39, 0.29) is 5.69 Å². The molecule has 0 spiro atoms. The lowest BCUT2D eigenvalue weighted by Crippen LogP contribution is -2.22. The minimum absolute atomic E-state index is 0.00372. The summed E-state index contributed by atoms with van der Waals surface area (Å²) in [5.41, 5.74) is 4.40. The van der Waals surface area contributed by atoms with Gasteiger partial charge in [-0.1, -0.05) is 36.4 Å². The van der Waals surface area contributed by atoms with Crippen molar-refractivity contribution in [1.29, 1.82) is 5.41 Å². The molecule has 170 valence electrons. The van der Waals surface area contributed by atoms with Crippen LogP contribution in [0, 0.1) is 22.4 Å². The Morgan fingerprint density at radius 2 is 1.49 bits per heavy atom. The van der Waals surface area contributed by atoms with Crippen LogP contribution in [0.4, 0.5) is 5.69 Å². The molecule has 1 N–H and O–H groups in total. The zero-order chi connectivity index (χ0) is 24.1. The fourth-order valence-electron chi connectivity index (χ4n) is 4.48. The lowest BCUT2D eigenvalue weighted by Gasteiger charge is -2.14. The lowest BCUT2D eigenvalue weighted by atomic mass is 10.2. The molecule has 3 aromatic heterocycles. The van der Waals surface area contributed by atoms with Gasteiger partial charge in [0.15, 0.2) is 5.82 Å². The van der Waals surface area contributed by atoms with Crippen LogP contribution in [-0.2, 0) is 0 Å². The highest BCUT2D eigenvalue weighted by Crippen LogP contribution is 2.29. The number of rotatable bonds is 4.